The van der Waals surface area contributed by atoms with E-state index in [2.05, 4.69) is 4.90 Å². The van der Waals surface area contributed by atoms with Crippen LogP contribution < -0.4 is 0 Å². The first kappa shape index (κ1) is 14.6. The molecule has 2 aliphatic heterocycles. The second kappa shape index (κ2) is 6.17. The van der Waals surface area contributed by atoms with Crippen molar-refractivity contribution in [1.82, 2.24) is 9.80 Å². The molecule has 2 fully saturated rings. The molecule has 0 saturated carbocycles. The van der Waals surface area contributed by atoms with Crippen molar-refractivity contribution in [3.63, 3.8) is 0 Å². The van der Waals surface area contributed by atoms with Crippen molar-refractivity contribution >= 4 is 5.91 Å². The van der Waals surface area contributed by atoms with E-state index in [-0.39, 0.29) is 18.6 Å². The summed E-state index contributed by atoms with van der Waals surface area (Å²) in [6.07, 6.45) is 3.53. The molecule has 2 aliphatic rings. The van der Waals surface area contributed by atoms with Crippen LogP contribution in [0, 0.1) is 5.92 Å². The number of carbonyl (C=O) groups excluding carboxylic acids is 1. The van der Waals surface area contributed by atoms with Gasteiger partial charge in [-0.25, -0.2) is 0 Å². The average molecular weight is 294 g/mol. The summed E-state index contributed by atoms with van der Waals surface area (Å²) in [5.41, 5.74) is 1.16. The quantitative estimate of drug-likeness (QED) is 0.795. The molecule has 6 heteroatoms. The average Bonchev–Trinajstić information content (AvgIpc) is 3.15. The summed E-state index contributed by atoms with van der Waals surface area (Å²) >= 11 is 0. The molecule has 0 bridgehead atoms. The van der Waals surface area contributed by atoms with Crippen molar-refractivity contribution in [2.75, 3.05) is 40.5 Å². The van der Waals surface area contributed by atoms with E-state index >= 15 is 0 Å². The van der Waals surface area contributed by atoms with Gasteiger partial charge in [-0.15, -0.1) is 0 Å². The largest absolute Gasteiger partial charge is 0.472 e. The number of rotatable bonds is 5. The van der Waals surface area contributed by atoms with Gasteiger partial charge in [0, 0.05) is 44.7 Å². The van der Waals surface area contributed by atoms with E-state index < -0.39 is 0 Å². The van der Waals surface area contributed by atoms with Crippen molar-refractivity contribution < 1.29 is 18.7 Å². The number of nitrogens with zero attached hydrogens (tertiary/aromatic N) is 2. The van der Waals surface area contributed by atoms with Gasteiger partial charge in [0.2, 0.25) is 5.91 Å². The Bertz CT molecular complexity index is 474. The third-order valence-electron chi connectivity index (χ3n) is 4.34. The third-order valence-corrected chi connectivity index (χ3v) is 4.34. The highest BCUT2D eigenvalue weighted by atomic mass is 16.5. The third kappa shape index (κ3) is 3.12. The number of amides is 1. The lowest BCUT2D eigenvalue weighted by Crippen LogP contribution is -2.32. The zero-order chi connectivity index (χ0) is 14.8. The van der Waals surface area contributed by atoms with Crippen LogP contribution in [-0.2, 0) is 20.8 Å². The van der Waals surface area contributed by atoms with Crippen LogP contribution in [0.4, 0.5) is 0 Å². The van der Waals surface area contributed by atoms with Crippen LogP contribution in [0.5, 0.6) is 0 Å². The SMILES string of the molecule is CN(C)C(=O)CO[C@@H]1CN(Cc2ccoc2)[C@H]2COC[C@@H]12. The summed E-state index contributed by atoms with van der Waals surface area (Å²) in [4.78, 5) is 15.6. The van der Waals surface area contributed by atoms with E-state index in [1.54, 1.807) is 31.5 Å². The number of carbonyl (C=O) groups is 1. The first-order valence-corrected chi connectivity index (χ1v) is 7.30. The molecule has 0 spiro atoms. The molecule has 0 N–H and O–H groups in total. The number of fused-ring (bicyclic) bond motifs is 1. The number of furan rings is 1. The van der Waals surface area contributed by atoms with Gasteiger partial charge in [0.05, 0.1) is 31.8 Å². The zero-order valence-electron chi connectivity index (χ0n) is 12.5. The number of hydrogen-bond acceptors (Lipinski definition) is 5. The molecule has 3 atom stereocenters. The Morgan fingerprint density at radius 3 is 3.05 bits per heavy atom. The van der Waals surface area contributed by atoms with Crippen molar-refractivity contribution in [2.45, 2.75) is 18.7 Å². The highest BCUT2D eigenvalue weighted by Gasteiger charge is 2.46. The summed E-state index contributed by atoms with van der Waals surface area (Å²) in [7, 11) is 3.49. The van der Waals surface area contributed by atoms with Gasteiger partial charge >= 0.3 is 0 Å². The topological polar surface area (TPSA) is 55.2 Å². The Kier molecular flexibility index (Phi) is 4.28. The molecule has 1 aromatic rings. The second-order valence-corrected chi connectivity index (χ2v) is 5.97. The lowest BCUT2D eigenvalue weighted by Gasteiger charge is -2.21. The summed E-state index contributed by atoms with van der Waals surface area (Å²) in [6, 6.07) is 2.36. The maximum atomic E-state index is 11.7. The maximum absolute atomic E-state index is 11.7. The molecule has 0 aromatic carbocycles. The van der Waals surface area contributed by atoms with Crippen LogP contribution >= 0.6 is 0 Å². The summed E-state index contributed by atoms with van der Waals surface area (Å²) in [5.74, 6) is 0.352. The van der Waals surface area contributed by atoms with Gasteiger partial charge in [-0.05, 0) is 6.07 Å². The summed E-state index contributed by atoms with van der Waals surface area (Å²) in [5, 5.41) is 0. The van der Waals surface area contributed by atoms with E-state index in [1.807, 2.05) is 6.07 Å². The van der Waals surface area contributed by atoms with Gasteiger partial charge in [-0.1, -0.05) is 0 Å². The van der Waals surface area contributed by atoms with Crippen LogP contribution in [0.1, 0.15) is 5.56 Å². The molecule has 116 valence electrons. The monoisotopic (exact) mass is 294 g/mol. The van der Waals surface area contributed by atoms with E-state index in [0.717, 1.165) is 25.3 Å². The molecule has 1 amide bonds. The number of hydrogen-bond donors (Lipinski definition) is 0. The summed E-state index contributed by atoms with van der Waals surface area (Å²) < 4.78 is 16.6. The number of ether oxygens (including phenoxy) is 2. The molecule has 1 aromatic heterocycles. The van der Waals surface area contributed by atoms with E-state index in [4.69, 9.17) is 13.9 Å². The molecule has 6 nitrogen and oxygen atoms in total. The maximum Gasteiger partial charge on any atom is 0.248 e. The minimum Gasteiger partial charge on any atom is -0.472 e. The normalized spacial score (nSPS) is 28.8. The fraction of sp³-hybridized carbons (Fsp3) is 0.667. The number of likely N-dealkylation sites (tertiary alicyclic amines) is 1. The minimum atomic E-state index is -0.00116. The Morgan fingerprint density at radius 2 is 2.33 bits per heavy atom. The molecular formula is C15H22N2O4. The lowest BCUT2D eigenvalue weighted by atomic mass is 10.0. The highest BCUT2D eigenvalue weighted by molar-refractivity contribution is 5.76. The van der Waals surface area contributed by atoms with Crippen molar-refractivity contribution in [3.05, 3.63) is 24.2 Å². The molecule has 0 unspecified atom stereocenters. The first-order chi connectivity index (χ1) is 10.1. The predicted molar refractivity (Wildman–Crippen MR) is 75.6 cm³/mol. The van der Waals surface area contributed by atoms with Crippen LogP contribution in [-0.4, -0.2) is 68.3 Å². The molecular weight excluding hydrogens is 272 g/mol. The van der Waals surface area contributed by atoms with Gasteiger partial charge in [-0.3, -0.25) is 9.69 Å². The van der Waals surface area contributed by atoms with Crippen LogP contribution in [0.3, 0.4) is 0 Å². The van der Waals surface area contributed by atoms with Crippen molar-refractivity contribution in [3.8, 4) is 0 Å². The number of likely N-dealkylation sites (N-methyl/N-ethyl adjacent to an activating group) is 1. The van der Waals surface area contributed by atoms with Gasteiger partial charge in [0.25, 0.3) is 0 Å². The molecule has 3 rings (SSSR count). The lowest BCUT2D eigenvalue weighted by molar-refractivity contribution is -0.136. The van der Waals surface area contributed by atoms with E-state index in [0.29, 0.717) is 18.6 Å². The van der Waals surface area contributed by atoms with Gasteiger partial charge in [-0.2, -0.15) is 0 Å². The van der Waals surface area contributed by atoms with Gasteiger partial charge in [0.15, 0.2) is 0 Å². The molecule has 0 radical (unpaired) electrons. The minimum absolute atomic E-state index is 0.00116. The highest BCUT2D eigenvalue weighted by Crippen LogP contribution is 2.33. The van der Waals surface area contributed by atoms with Gasteiger partial charge < -0.3 is 18.8 Å². The Hall–Kier alpha value is -1.37. The van der Waals surface area contributed by atoms with Gasteiger partial charge in [0.1, 0.15) is 6.61 Å². The molecule has 21 heavy (non-hydrogen) atoms. The van der Waals surface area contributed by atoms with Crippen LogP contribution in [0.15, 0.2) is 23.0 Å². The predicted octanol–water partition coefficient (Wildman–Crippen LogP) is 0.584. The fourth-order valence-electron chi connectivity index (χ4n) is 3.08. The molecule has 2 saturated heterocycles. The van der Waals surface area contributed by atoms with Crippen LogP contribution in [0.2, 0.25) is 0 Å². The Labute approximate surface area is 124 Å². The van der Waals surface area contributed by atoms with E-state index in [9.17, 15) is 4.79 Å². The van der Waals surface area contributed by atoms with E-state index in [1.165, 1.54) is 0 Å². The Balaban J connectivity index is 1.59. The fourth-order valence-corrected chi connectivity index (χ4v) is 3.08. The van der Waals surface area contributed by atoms with Crippen molar-refractivity contribution in [1.29, 1.82) is 0 Å². The smallest absolute Gasteiger partial charge is 0.248 e. The standard InChI is InChI=1S/C15H22N2O4/c1-16(2)15(18)10-21-14-6-17(5-11-3-4-19-7-11)13-9-20-8-12(13)14/h3-4,7,12-14H,5-6,8-10H2,1-2H3/t12-,13+,14-/m1/s1. The first-order valence-electron chi connectivity index (χ1n) is 7.30. The zero-order valence-corrected chi connectivity index (χ0v) is 12.5. The molecule has 3 heterocycles. The summed E-state index contributed by atoms with van der Waals surface area (Å²) in [6.45, 7) is 3.27. The van der Waals surface area contributed by atoms with Crippen molar-refractivity contribution in [2.24, 2.45) is 5.92 Å². The van der Waals surface area contributed by atoms with Crippen LogP contribution in [0.25, 0.3) is 0 Å². The second-order valence-electron chi connectivity index (χ2n) is 5.97. The molecule has 0 aliphatic carbocycles. The Morgan fingerprint density at radius 1 is 1.48 bits per heavy atom.